The van der Waals surface area contributed by atoms with Crippen molar-refractivity contribution in [1.82, 2.24) is 9.80 Å². The lowest BCUT2D eigenvalue weighted by atomic mass is 10.0. The predicted octanol–water partition coefficient (Wildman–Crippen LogP) is 5.83. The highest BCUT2D eigenvalue weighted by molar-refractivity contribution is 5.85. The summed E-state index contributed by atoms with van der Waals surface area (Å²) in [6.07, 6.45) is 5.25. The van der Waals surface area contributed by atoms with Gasteiger partial charge < -0.3 is 0 Å². The third-order valence-corrected chi connectivity index (χ3v) is 5.85. The van der Waals surface area contributed by atoms with E-state index in [1.165, 1.54) is 29.8 Å². The van der Waals surface area contributed by atoms with Crippen molar-refractivity contribution in [1.29, 1.82) is 0 Å². The molecule has 0 bridgehead atoms. The number of nitrogens with zero attached hydrogens (tertiary/aromatic N) is 2. The molecule has 3 aromatic carbocycles. The first-order valence-corrected chi connectivity index (χ1v) is 10.8. The summed E-state index contributed by atoms with van der Waals surface area (Å²) in [5.41, 5.74) is 3.46. The highest BCUT2D eigenvalue weighted by atomic mass is 35.5. The molecule has 0 saturated carbocycles. The highest BCUT2D eigenvalue weighted by Gasteiger charge is 2.26. The van der Waals surface area contributed by atoms with E-state index in [0.29, 0.717) is 6.04 Å². The van der Waals surface area contributed by atoms with Crippen LogP contribution in [0.1, 0.15) is 16.7 Å². The van der Waals surface area contributed by atoms with Gasteiger partial charge in [0.25, 0.3) is 0 Å². The Hall–Kier alpha value is -2.53. The van der Waals surface area contributed by atoms with Crippen LogP contribution in [0.15, 0.2) is 84.9 Å². The summed E-state index contributed by atoms with van der Waals surface area (Å²) in [5, 5.41) is 0. The van der Waals surface area contributed by atoms with Crippen LogP contribution in [0.3, 0.4) is 0 Å². The molecule has 0 N–H and O–H groups in total. The molecular formula is C27H29ClF2N2. The standard InChI is InChI=1S/C27H28F2N2.ClH/c28-25-12-8-23(9-13-25)19-27-21-30(16-4-7-22-5-2-1-3-6-22)17-18-31(27)20-24-10-14-26(29)15-11-24;/h1-15,27H,16-21H2;1H/b7-4+;. The van der Waals surface area contributed by atoms with Gasteiger partial charge in [0, 0.05) is 38.8 Å². The lowest BCUT2D eigenvalue weighted by molar-refractivity contribution is 0.0753. The van der Waals surface area contributed by atoms with Crippen molar-refractivity contribution in [2.75, 3.05) is 26.2 Å². The largest absolute Gasteiger partial charge is 0.297 e. The molecule has 1 fully saturated rings. The lowest BCUT2D eigenvalue weighted by Gasteiger charge is -2.41. The third kappa shape index (κ3) is 6.99. The van der Waals surface area contributed by atoms with E-state index < -0.39 is 0 Å². The number of rotatable bonds is 7. The van der Waals surface area contributed by atoms with Gasteiger partial charge in [-0.2, -0.15) is 0 Å². The number of hydrogen-bond acceptors (Lipinski definition) is 2. The van der Waals surface area contributed by atoms with E-state index in [1.54, 1.807) is 0 Å². The fourth-order valence-electron chi connectivity index (χ4n) is 4.14. The van der Waals surface area contributed by atoms with Gasteiger partial charge in [0.2, 0.25) is 0 Å². The third-order valence-electron chi connectivity index (χ3n) is 5.85. The second-order valence-corrected chi connectivity index (χ2v) is 8.15. The van der Waals surface area contributed by atoms with Gasteiger partial charge in [-0.05, 0) is 47.4 Å². The minimum absolute atomic E-state index is 0. The molecule has 0 radical (unpaired) electrons. The number of benzene rings is 3. The van der Waals surface area contributed by atoms with E-state index in [-0.39, 0.29) is 24.0 Å². The van der Waals surface area contributed by atoms with Gasteiger partial charge >= 0.3 is 0 Å². The summed E-state index contributed by atoms with van der Waals surface area (Å²) < 4.78 is 26.6. The molecule has 4 rings (SSSR count). The van der Waals surface area contributed by atoms with Crippen molar-refractivity contribution >= 4 is 18.5 Å². The minimum atomic E-state index is -0.207. The van der Waals surface area contributed by atoms with Crippen molar-refractivity contribution in [3.63, 3.8) is 0 Å². The fourth-order valence-corrected chi connectivity index (χ4v) is 4.14. The molecule has 1 saturated heterocycles. The quantitative estimate of drug-likeness (QED) is 0.443. The number of halogens is 3. The van der Waals surface area contributed by atoms with Gasteiger partial charge in [0.1, 0.15) is 11.6 Å². The lowest BCUT2D eigenvalue weighted by Crippen LogP contribution is -2.53. The Morgan fingerprint density at radius 1 is 0.781 bits per heavy atom. The van der Waals surface area contributed by atoms with E-state index in [1.807, 2.05) is 42.5 Å². The highest BCUT2D eigenvalue weighted by Crippen LogP contribution is 2.19. The minimum Gasteiger partial charge on any atom is -0.297 e. The first kappa shape index (κ1) is 24.1. The molecule has 0 amide bonds. The summed E-state index contributed by atoms with van der Waals surface area (Å²) in [6.45, 7) is 4.57. The van der Waals surface area contributed by atoms with E-state index in [2.05, 4.69) is 34.1 Å². The van der Waals surface area contributed by atoms with E-state index in [0.717, 1.165) is 50.3 Å². The van der Waals surface area contributed by atoms with Crippen molar-refractivity contribution < 1.29 is 8.78 Å². The molecule has 32 heavy (non-hydrogen) atoms. The molecule has 0 aliphatic carbocycles. The van der Waals surface area contributed by atoms with Gasteiger partial charge in [-0.25, -0.2) is 8.78 Å². The van der Waals surface area contributed by atoms with Crippen molar-refractivity contribution in [3.8, 4) is 0 Å². The smallest absolute Gasteiger partial charge is 0.123 e. The number of piperazine rings is 1. The molecule has 1 aliphatic rings. The van der Waals surface area contributed by atoms with Crippen LogP contribution in [-0.4, -0.2) is 42.0 Å². The van der Waals surface area contributed by atoms with Crippen molar-refractivity contribution in [2.45, 2.75) is 19.0 Å². The molecule has 2 nitrogen and oxygen atoms in total. The van der Waals surface area contributed by atoms with Crippen LogP contribution in [0, 0.1) is 11.6 Å². The van der Waals surface area contributed by atoms with E-state index >= 15 is 0 Å². The summed E-state index contributed by atoms with van der Waals surface area (Å²) in [7, 11) is 0. The predicted molar refractivity (Wildman–Crippen MR) is 130 cm³/mol. The average Bonchev–Trinajstić information content (AvgIpc) is 2.79. The van der Waals surface area contributed by atoms with Gasteiger partial charge in [0.15, 0.2) is 0 Å². The van der Waals surface area contributed by atoms with Crippen LogP contribution in [0.5, 0.6) is 0 Å². The molecule has 1 atom stereocenters. The molecule has 1 heterocycles. The summed E-state index contributed by atoms with van der Waals surface area (Å²) in [6, 6.07) is 24.2. The summed E-state index contributed by atoms with van der Waals surface area (Å²) in [4.78, 5) is 4.93. The zero-order chi connectivity index (χ0) is 21.5. The van der Waals surface area contributed by atoms with Gasteiger partial charge in [-0.15, -0.1) is 12.4 Å². The Labute approximate surface area is 195 Å². The Morgan fingerprint density at radius 2 is 1.41 bits per heavy atom. The monoisotopic (exact) mass is 454 g/mol. The van der Waals surface area contributed by atoms with Gasteiger partial charge in [0.05, 0.1) is 0 Å². The zero-order valence-electron chi connectivity index (χ0n) is 18.0. The molecule has 0 aromatic heterocycles. The maximum Gasteiger partial charge on any atom is 0.123 e. The topological polar surface area (TPSA) is 6.48 Å². The average molecular weight is 455 g/mol. The van der Waals surface area contributed by atoms with Crippen LogP contribution >= 0.6 is 12.4 Å². The van der Waals surface area contributed by atoms with Gasteiger partial charge in [-0.1, -0.05) is 66.7 Å². The number of hydrogen-bond donors (Lipinski definition) is 0. The van der Waals surface area contributed by atoms with Gasteiger partial charge in [-0.3, -0.25) is 9.80 Å². The maximum absolute atomic E-state index is 13.3. The fraction of sp³-hybridized carbons (Fsp3) is 0.259. The Morgan fingerprint density at radius 3 is 2.06 bits per heavy atom. The van der Waals surface area contributed by atoms with Crippen LogP contribution in [0.4, 0.5) is 8.78 Å². The molecule has 0 spiro atoms. The van der Waals surface area contributed by atoms with E-state index in [9.17, 15) is 8.78 Å². The SMILES string of the molecule is Cl.Fc1ccc(CC2CN(C/C=C/c3ccccc3)CCN2Cc2ccc(F)cc2)cc1. The Balaban J connectivity index is 0.00000289. The summed E-state index contributed by atoms with van der Waals surface area (Å²) in [5.74, 6) is -0.412. The van der Waals surface area contributed by atoms with Crippen molar-refractivity contribution in [3.05, 3.63) is 113 Å². The maximum atomic E-state index is 13.3. The Bertz CT molecular complexity index is 975. The normalized spacial score (nSPS) is 17.4. The molecule has 5 heteroatoms. The first-order chi connectivity index (χ1) is 15.2. The first-order valence-electron chi connectivity index (χ1n) is 10.8. The van der Waals surface area contributed by atoms with Crippen LogP contribution in [0.25, 0.3) is 6.08 Å². The van der Waals surface area contributed by atoms with Crippen LogP contribution in [0.2, 0.25) is 0 Å². The Kier molecular flexibility index (Phi) is 8.98. The van der Waals surface area contributed by atoms with Crippen LogP contribution < -0.4 is 0 Å². The molecule has 3 aromatic rings. The molecule has 1 aliphatic heterocycles. The van der Waals surface area contributed by atoms with Crippen molar-refractivity contribution in [2.24, 2.45) is 0 Å². The molecule has 168 valence electrons. The molecule has 1 unspecified atom stereocenters. The van der Waals surface area contributed by atoms with Crippen LogP contribution in [-0.2, 0) is 13.0 Å². The second kappa shape index (κ2) is 11.9. The molecular weight excluding hydrogens is 426 g/mol. The second-order valence-electron chi connectivity index (χ2n) is 8.15. The van der Waals surface area contributed by atoms with E-state index in [4.69, 9.17) is 0 Å². The summed E-state index contributed by atoms with van der Waals surface area (Å²) >= 11 is 0. The zero-order valence-corrected chi connectivity index (χ0v) is 18.9.